The van der Waals surface area contributed by atoms with Gasteiger partial charge < -0.3 is 9.72 Å². The van der Waals surface area contributed by atoms with Crippen molar-refractivity contribution in [1.29, 1.82) is 0 Å². The molecule has 0 aliphatic carbocycles. The summed E-state index contributed by atoms with van der Waals surface area (Å²) in [6.07, 6.45) is 1.84. The maximum atomic E-state index is 11.9. The highest BCUT2D eigenvalue weighted by Gasteiger charge is 2.17. The molecule has 1 heterocycles. The summed E-state index contributed by atoms with van der Waals surface area (Å²) in [4.78, 5) is 19.3. The lowest BCUT2D eigenvalue weighted by Gasteiger charge is -2.01. The van der Waals surface area contributed by atoms with E-state index in [0.717, 1.165) is 18.4 Å². The Balaban J connectivity index is 2.22. The average Bonchev–Trinajstić information content (AvgIpc) is 2.81. The van der Waals surface area contributed by atoms with Gasteiger partial charge in [-0.3, -0.25) is 0 Å². The molecule has 2 rings (SSSR count). The fourth-order valence-electron chi connectivity index (χ4n) is 1.82. The molecule has 1 N–H and O–H groups in total. The zero-order chi connectivity index (χ0) is 14.5. The molecule has 0 spiro atoms. The van der Waals surface area contributed by atoms with Crippen LogP contribution in [0, 0.1) is 6.92 Å². The van der Waals surface area contributed by atoms with Gasteiger partial charge in [0.2, 0.25) is 0 Å². The molecule has 0 amide bonds. The first-order chi connectivity index (χ1) is 9.63. The fraction of sp³-hybridized carbons (Fsp3) is 0.333. The van der Waals surface area contributed by atoms with E-state index in [9.17, 15) is 4.79 Å². The van der Waals surface area contributed by atoms with E-state index in [1.807, 2.05) is 25.1 Å². The number of rotatable bonds is 5. The molecular formula is C15H17ClN2O2. The molecule has 0 atom stereocenters. The van der Waals surface area contributed by atoms with Crippen molar-refractivity contribution in [1.82, 2.24) is 9.97 Å². The second-order valence-corrected chi connectivity index (χ2v) is 4.94. The minimum atomic E-state index is -0.398. The smallest absolute Gasteiger partial charge is 0.358 e. The van der Waals surface area contributed by atoms with Crippen molar-refractivity contribution in [3.63, 3.8) is 0 Å². The summed E-state index contributed by atoms with van der Waals surface area (Å²) in [6.45, 7) is 4.26. The molecule has 0 bridgehead atoms. The van der Waals surface area contributed by atoms with E-state index in [-0.39, 0.29) is 0 Å². The van der Waals surface area contributed by atoms with E-state index in [0.29, 0.717) is 28.8 Å². The van der Waals surface area contributed by atoms with Crippen molar-refractivity contribution in [2.24, 2.45) is 0 Å². The Morgan fingerprint density at radius 1 is 1.40 bits per heavy atom. The van der Waals surface area contributed by atoms with Gasteiger partial charge in [0.05, 0.1) is 11.6 Å². The van der Waals surface area contributed by atoms with E-state index >= 15 is 0 Å². The number of hydrogen-bond donors (Lipinski definition) is 1. The van der Waals surface area contributed by atoms with Crippen LogP contribution in [0.3, 0.4) is 0 Å². The summed E-state index contributed by atoms with van der Waals surface area (Å²) < 4.78 is 5.17. The van der Waals surface area contributed by atoms with Gasteiger partial charge in [-0.2, -0.15) is 0 Å². The highest BCUT2D eigenvalue weighted by Crippen LogP contribution is 2.26. The van der Waals surface area contributed by atoms with Gasteiger partial charge >= 0.3 is 5.97 Å². The van der Waals surface area contributed by atoms with E-state index in [1.165, 1.54) is 0 Å². The predicted octanol–water partition coefficient (Wildman–Crippen LogP) is 4.00. The van der Waals surface area contributed by atoms with E-state index in [1.54, 1.807) is 13.0 Å². The number of aromatic amines is 1. The van der Waals surface area contributed by atoms with E-state index in [2.05, 4.69) is 9.97 Å². The number of ether oxygens (including phenoxy) is 1. The number of nitrogens with one attached hydrogen (secondary N) is 1. The molecule has 0 radical (unpaired) electrons. The molecule has 5 heteroatoms. The third kappa shape index (κ3) is 3.20. The highest BCUT2D eigenvalue weighted by molar-refractivity contribution is 6.33. The number of H-pyrrole nitrogens is 1. The zero-order valence-corrected chi connectivity index (χ0v) is 12.3. The number of nitrogens with zero attached hydrogens (tertiary/aromatic N) is 1. The number of carbonyl (C=O) groups is 1. The highest BCUT2D eigenvalue weighted by atomic mass is 35.5. The maximum Gasteiger partial charge on any atom is 0.358 e. The van der Waals surface area contributed by atoms with Crippen LogP contribution in [0.5, 0.6) is 0 Å². The third-order valence-corrected chi connectivity index (χ3v) is 3.27. The van der Waals surface area contributed by atoms with Crippen molar-refractivity contribution in [3.8, 4) is 11.4 Å². The molecule has 1 aromatic carbocycles. The fourth-order valence-corrected chi connectivity index (χ4v) is 2.04. The number of carbonyl (C=O) groups excluding carboxylic acids is 1. The molecule has 0 saturated heterocycles. The Bertz CT molecular complexity index is 608. The second-order valence-electron chi connectivity index (χ2n) is 4.53. The SMILES string of the molecule is CCCCOC(=O)c1nc(-c2ccccc2Cl)[nH]c1C. The number of aromatic nitrogens is 2. The number of halogens is 1. The van der Waals surface area contributed by atoms with Gasteiger partial charge in [-0.15, -0.1) is 0 Å². The van der Waals surface area contributed by atoms with Crippen LogP contribution < -0.4 is 0 Å². The normalized spacial score (nSPS) is 10.6. The van der Waals surface area contributed by atoms with Crippen LogP contribution in [0.15, 0.2) is 24.3 Å². The van der Waals surface area contributed by atoms with Crippen molar-refractivity contribution >= 4 is 17.6 Å². The summed E-state index contributed by atoms with van der Waals surface area (Å²) in [5.74, 6) is 0.182. The zero-order valence-electron chi connectivity index (χ0n) is 11.6. The third-order valence-electron chi connectivity index (χ3n) is 2.94. The first-order valence-corrected chi connectivity index (χ1v) is 7.00. The van der Waals surface area contributed by atoms with Crippen LogP contribution in [-0.2, 0) is 4.74 Å². The van der Waals surface area contributed by atoms with E-state index < -0.39 is 5.97 Å². The van der Waals surface area contributed by atoms with Crippen LogP contribution in [0.2, 0.25) is 5.02 Å². The lowest BCUT2D eigenvalue weighted by molar-refractivity contribution is 0.0492. The number of aryl methyl sites for hydroxylation is 1. The predicted molar refractivity (Wildman–Crippen MR) is 79.0 cm³/mol. The standard InChI is InChI=1S/C15H17ClN2O2/c1-3-4-9-20-15(19)13-10(2)17-14(18-13)11-7-5-6-8-12(11)16/h5-8H,3-4,9H2,1-2H3,(H,17,18). The van der Waals surface area contributed by atoms with Gasteiger partial charge in [0.1, 0.15) is 5.82 Å². The first kappa shape index (κ1) is 14.6. The number of benzene rings is 1. The van der Waals surface area contributed by atoms with Crippen LogP contribution in [0.1, 0.15) is 35.9 Å². The van der Waals surface area contributed by atoms with Crippen LogP contribution in [0.4, 0.5) is 0 Å². The molecule has 106 valence electrons. The largest absolute Gasteiger partial charge is 0.461 e. The minimum absolute atomic E-state index is 0.316. The Kier molecular flexibility index (Phi) is 4.79. The lowest BCUT2D eigenvalue weighted by atomic mass is 10.2. The van der Waals surface area contributed by atoms with Gasteiger partial charge in [-0.25, -0.2) is 9.78 Å². The molecule has 1 aromatic heterocycles. The molecule has 0 unspecified atom stereocenters. The quantitative estimate of drug-likeness (QED) is 0.669. The van der Waals surface area contributed by atoms with E-state index in [4.69, 9.17) is 16.3 Å². The molecule has 0 saturated carbocycles. The lowest BCUT2D eigenvalue weighted by Crippen LogP contribution is -2.08. The van der Waals surface area contributed by atoms with Crippen LogP contribution in [-0.4, -0.2) is 22.5 Å². The molecule has 0 aliphatic rings. The van der Waals surface area contributed by atoms with Crippen LogP contribution >= 0.6 is 11.6 Å². The van der Waals surface area contributed by atoms with Gasteiger partial charge in [-0.05, 0) is 25.5 Å². The summed E-state index contributed by atoms with van der Waals surface area (Å²) in [7, 11) is 0. The topological polar surface area (TPSA) is 55.0 Å². The minimum Gasteiger partial charge on any atom is -0.461 e. The van der Waals surface area contributed by atoms with Crippen molar-refractivity contribution in [2.75, 3.05) is 6.61 Å². The van der Waals surface area contributed by atoms with Crippen molar-refractivity contribution < 1.29 is 9.53 Å². The number of unbranched alkanes of at least 4 members (excludes halogenated alkanes) is 1. The summed E-state index contributed by atoms with van der Waals surface area (Å²) in [6, 6.07) is 7.36. The Hall–Kier alpha value is -1.81. The van der Waals surface area contributed by atoms with Gasteiger partial charge in [0.25, 0.3) is 0 Å². The Morgan fingerprint density at radius 2 is 2.15 bits per heavy atom. The molecule has 20 heavy (non-hydrogen) atoms. The molecular weight excluding hydrogens is 276 g/mol. The van der Waals surface area contributed by atoms with Crippen molar-refractivity contribution in [2.45, 2.75) is 26.7 Å². The maximum absolute atomic E-state index is 11.9. The van der Waals surface area contributed by atoms with Gasteiger partial charge in [-0.1, -0.05) is 37.1 Å². The van der Waals surface area contributed by atoms with Crippen LogP contribution in [0.25, 0.3) is 11.4 Å². The molecule has 2 aromatic rings. The number of esters is 1. The Labute approximate surface area is 123 Å². The first-order valence-electron chi connectivity index (χ1n) is 6.62. The van der Waals surface area contributed by atoms with Gasteiger partial charge in [0, 0.05) is 11.3 Å². The molecule has 0 aliphatic heterocycles. The summed E-state index contributed by atoms with van der Waals surface area (Å²) in [5, 5.41) is 0.590. The monoisotopic (exact) mass is 292 g/mol. The second kappa shape index (κ2) is 6.57. The number of hydrogen-bond acceptors (Lipinski definition) is 3. The average molecular weight is 293 g/mol. The summed E-state index contributed by atoms with van der Waals surface area (Å²) in [5.41, 5.74) is 1.77. The molecule has 4 nitrogen and oxygen atoms in total. The Morgan fingerprint density at radius 3 is 2.85 bits per heavy atom. The van der Waals surface area contributed by atoms with Gasteiger partial charge in [0.15, 0.2) is 5.69 Å². The number of imidazole rings is 1. The molecule has 0 fully saturated rings. The van der Waals surface area contributed by atoms with Crippen molar-refractivity contribution in [3.05, 3.63) is 40.7 Å². The summed E-state index contributed by atoms with van der Waals surface area (Å²) >= 11 is 6.13.